The van der Waals surface area contributed by atoms with Crippen molar-refractivity contribution in [3.05, 3.63) is 71.3 Å². The lowest BCUT2D eigenvalue weighted by atomic mass is 9.95. The predicted octanol–water partition coefficient (Wildman–Crippen LogP) is 4.16. The van der Waals surface area contributed by atoms with Gasteiger partial charge in [0, 0.05) is 12.6 Å². The number of rotatable bonds is 4. The Balaban J connectivity index is 1.68. The second-order valence-corrected chi connectivity index (χ2v) is 6.12. The fraction of sp³-hybridized carbons (Fsp3) is 0.350. The molecule has 1 aliphatic rings. The molecule has 2 heteroatoms. The Hall–Kier alpha value is -2.11. The molecule has 1 aliphatic heterocycles. The normalized spacial score (nSPS) is 18.8. The second-order valence-electron chi connectivity index (χ2n) is 6.12. The lowest BCUT2D eigenvalue weighted by molar-refractivity contribution is 0.139. The first kappa shape index (κ1) is 14.8. The number of hydrogen-bond acceptors (Lipinski definition) is 2. The van der Waals surface area contributed by atoms with Crippen LogP contribution in [-0.4, -0.2) is 17.5 Å². The molecule has 0 spiro atoms. The summed E-state index contributed by atoms with van der Waals surface area (Å²) in [5.41, 5.74) is 3.47. The van der Waals surface area contributed by atoms with Crippen LogP contribution >= 0.6 is 0 Å². The maximum atomic E-state index is 8.90. The lowest BCUT2D eigenvalue weighted by Gasteiger charge is -2.36. The summed E-state index contributed by atoms with van der Waals surface area (Å²) in [5, 5.41) is 8.90. The smallest absolute Gasteiger partial charge is 0.0991 e. The molecule has 2 aromatic rings. The molecule has 0 aliphatic carbocycles. The highest BCUT2D eigenvalue weighted by Gasteiger charge is 2.22. The quantitative estimate of drug-likeness (QED) is 0.845. The molecule has 2 nitrogen and oxygen atoms in total. The average Bonchev–Trinajstić information content (AvgIpc) is 2.58. The van der Waals surface area contributed by atoms with Gasteiger partial charge in [-0.1, -0.05) is 48.9 Å². The molecule has 0 saturated carbocycles. The van der Waals surface area contributed by atoms with Gasteiger partial charge in [0.05, 0.1) is 11.6 Å². The van der Waals surface area contributed by atoms with Gasteiger partial charge in [-0.15, -0.1) is 0 Å². The van der Waals surface area contributed by atoms with Crippen molar-refractivity contribution in [1.82, 2.24) is 4.90 Å². The molecule has 1 atom stereocenters. The first-order chi connectivity index (χ1) is 10.8. The van der Waals surface area contributed by atoms with E-state index in [2.05, 4.69) is 53.4 Å². The minimum absolute atomic E-state index is 0.631. The zero-order chi connectivity index (χ0) is 15.2. The van der Waals surface area contributed by atoms with Crippen LogP contribution < -0.4 is 0 Å². The van der Waals surface area contributed by atoms with Crippen molar-refractivity contribution in [2.45, 2.75) is 38.3 Å². The first-order valence-corrected chi connectivity index (χ1v) is 8.12. The van der Waals surface area contributed by atoms with Crippen molar-refractivity contribution < 1.29 is 0 Å². The van der Waals surface area contributed by atoms with E-state index in [0.29, 0.717) is 6.04 Å². The van der Waals surface area contributed by atoms with Crippen LogP contribution in [0, 0.1) is 11.3 Å². The fourth-order valence-corrected chi connectivity index (χ4v) is 3.30. The molecule has 1 fully saturated rings. The van der Waals surface area contributed by atoms with Crippen molar-refractivity contribution in [2.24, 2.45) is 0 Å². The summed E-state index contributed by atoms with van der Waals surface area (Å²) in [7, 11) is 0. The van der Waals surface area contributed by atoms with Crippen LogP contribution in [0.5, 0.6) is 0 Å². The van der Waals surface area contributed by atoms with Crippen LogP contribution in [0.2, 0.25) is 0 Å². The highest BCUT2D eigenvalue weighted by atomic mass is 15.2. The van der Waals surface area contributed by atoms with E-state index in [1.807, 2.05) is 12.1 Å². The third-order valence-corrected chi connectivity index (χ3v) is 4.53. The summed E-state index contributed by atoms with van der Waals surface area (Å²) in [4.78, 5) is 2.61. The zero-order valence-electron chi connectivity index (χ0n) is 12.9. The Kier molecular flexibility index (Phi) is 4.88. The topological polar surface area (TPSA) is 27.0 Å². The standard InChI is InChI=1S/C20H22N2/c21-15-18-9-11-19(12-10-18)16-22-13-5-4-8-20(22)14-17-6-2-1-3-7-17/h1-3,6-7,9-12,20H,4-5,8,13-14,16H2. The van der Waals surface area contributed by atoms with Gasteiger partial charge in [0.2, 0.25) is 0 Å². The van der Waals surface area contributed by atoms with Gasteiger partial charge in [-0.3, -0.25) is 4.90 Å². The van der Waals surface area contributed by atoms with Gasteiger partial charge < -0.3 is 0 Å². The molecule has 22 heavy (non-hydrogen) atoms. The van der Waals surface area contributed by atoms with Crippen LogP contribution in [0.4, 0.5) is 0 Å². The van der Waals surface area contributed by atoms with Gasteiger partial charge in [-0.25, -0.2) is 0 Å². The van der Waals surface area contributed by atoms with Crippen LogP contribution in [0.25, 0.3) is 0 Å². The SMILES string of the molecule is N#Cc1ccc(CN2CCCCC2Cc2ccccc2)cc1. The van der Waals surface area contributed by atoms with E-state index >= 15 is 0 Å². The van der Waals surface area contributed by atoms with Crippen LogP contribution in [0.1, 0.15) is 36.0 Å². The van der Waals surface area contributed by atoms with E-state index in [1.54, 1.807) is 0 Å². The largest absolute Gasteiger partial charge is 0.296 e. The first-order valence-electron chi connectivity index (χ1n) is 8.12. The van der Waals surface area contributed by atoms with Gasteiger partial charge >= 0.3 is 0 Å². The Bertz CT molecular complexity index is 625. The number of nitriles is 1. The molecule has 0 N–H and O–H groups in total. The van der Waals surface area contributed by atoms with E-state index in [-0.39, 0.29) is 0 Å². The molecule has 1 unspecified atom stereocenters. The number of piperidine rings is 1. The molecular weight excluding hydrogens is 268 g/mol. The van der Waals surface area contributed by atoms with E-state index in [0.717, 1.165) is 18.5 Å². The lowest BCUT2D eigenvalue weighted by Crippen LogP contribution is -2.40. The number of benzene rings is 2. The highest BCUT2D eigenvalue weighted by Crippen LogP contribution is 2.23. The Labute approximate surface area is 133 Å². The summed E-state index contributed by atoms with van der Waals surface area (Å²) in [6, 6.07) is 21.6. The van der Waals surface area contributed by atoms with Crippen LogP contribution in [-0.2, 0) is 13.0 Å². The summed E-state index contributed by atoms with van der Waals surface area (Å²) < 4.78 is 0. The number of likely N-dealkylation sites (tertiary alicyclic amines) is 1. The third kappa shape index (κ3) is 3.75. The third-order valence-electron chi connectivity index (χ3n) is 4.53. The molecule has 3 rings (SSSR count). The monoisotopic (exact) mass is 290 g/mol. The maximum absolute atomic E-state index is 8.90. The summed E-state index contributed by atoms with van der Waals surface area (Å²) in [6.07, 6.45) is 5.05. The zero-order valence-corrected chi connectivity index (χ0v) is 12.9. The maximum Gasteiger partial charge on any atom is 0.0991 e. The van der Waals surface area contributed by atoms with Crippen LogP contribution in [0.3, 0.4) is 0 Å². The van der Waals surface area contributed by atoms with Gasteiger partial charge in [-0.05, 0) is 49.1 Å². The fourth-order valence-electron chi connectivity index (χ4n) is 3.30. The minimum Gasteiger partial charge on any atom is -0.296 e. The average molecular weight is 290 g/mol. The molecule has 0 bridgehead atoms. The van der Waals surface area contributed by atoms with E-state index in [1.165, 1.54) is 36.9 Å². The molecule has 0 radical (unpaired) electrons. The summed E-state index contributed by atoms with van der Waals surface area (Å²) >= 11 is 0. The Morgan fingerprint density at radius 1 is 0.955 bits per heavy atom. The van der Waals surface area contributed by atoms with Gasteiger partial charge in [-0.2, -0.15) is 5.26 Å². The minimum atomic E-state index is 0.631. The second kappa shape index (κ2) is 7.24. The molecule has 1 saturated heterocycles. The van der Waals surface area contributed by atoms with Crippen molar-refractivity contribution in [3.63, 3.8) is 0 Å². The summed E-state index contributed by atoms with van der Waals surface area (Å²) in [5.74, 6) is 0. The molecule has 0 aromatic heterocycles. The summed E-state index contributed by atoms with van der Waals surface area (Å²) in [6.45, 7) is 2.17. The molecule has 112 valence electrons. The molecule has 1 heterocycles. The molecule has 2 aromatic carbocycles. The van der Waals surface area contributed by atoms with E-state index in [4.69, 9.17) is 5.26 Å². The number of hydrogen-bond donors (Lipinski definition) is 0. The van der Waals surface area contributed by atoms with Gasteiger partial charge in [0.15, 0.2) is 0 Å². The van der Waals surface area contributed by atoms with Crippen LogP contribution in [0.15, 0.2) is 54.6 Å². The van der Waals surface area contributed by atoms with Crippen molar-refractivity contribution in [3.8, 4) is 6.07 Å². The highest BCUT2D eigenvalue weighted by molar-refractivity contribution is 5.31. The van der Waals surface area contributed by atoms with Crippen molar-refractivity contribution in [1.29, 1.82) is 5.26 Å². The Morgan fingerprint density at radius 3 is 2.45 bits per heavy atom. The van der Waals surface area contributed by atoms with Gasteiger partial charge in [0.25, 0.3) is 0 Å². The molecule has 0 amide bonds. The van der Waals surface area contributed by atoms with E-state index < -0.39 is 0 Å². The van der Waals surface area contributed by atoms with Crippen molar-refractivity contribution >= 4 is 0 Å². The van der Waals surface area contributed by atoms with Gasteiger partial charge in [0.1, 0.15) is 0 Å². The van der Waals surface area contributed by atoms with Crippen molar-refractivity contribution in [2.75, 3.05) is 6.54 Å². The predicted molar refractivity (Wildman–Crippen MR) is 89.4 cm³/mol. The Morgan fingerprint density at radius 2 is 1.73 bits per heavy atom. The molecular formula is C20H22N2. The number of nitrogens with zero attached hydrogens (tertiary/aromatic N) is 2. The van der Waals surface area contributed by atoms with E-state index in [9.17, 15) is 0 Å².